The highest BCUT2D eigenvalue weighted by atomic mass is 35.5. The van der Waals surface area contributed by atoms with Gasteiger partial charge in [0.25, 0.3) is 0 Å². The minimum Gasteiger partial charge on any atom is -0.466 e. The number of hydrogen-bond acceptors (Lipinski definition) is 3. The van der Waals surface area contributed by atoms with Crippen molar-refractivity contribution in [2.24, 2.45) is 0 Å². The third kappa shape index (κ3) is 4.19. The van der Waals surface area contributed by atoms with Crippen molar-refractivity contribution in [2.75, 3.05) is 18.5 Å². The number of carbonyl (C=O) groups is 1. The minimum atomic E-state index is -0.793. The number of nitrogens with one attached hydrogen (secondary N) is 1. The van der Waals surface area contributed by atoms with E-state index in [4.69, 9.17) is 16.3 Å². The van der Waals surface area contributed by atoms with Crippen LogP contribution in [0.2, 0.25) is 5.02 Å². The molecule has 0 aliphatic rings. The summed E-state index contributed by atoms with van der Waals surface area (Å²) in [5.74, 6) is -1.93. The molecule has 0 atom stereocenters. The molecule has 0 radical (unpaired) electrons. The molecule has 1 aromatic rings. The summed E-state index contributed by atoms with van der Waals surface area (Å²) < 4.78 is 30.7. The summed E-state index contributed by atoms with van der Waals surface area (Å²) in [4.78, 5) is 11.0. The number of benzene rings is 1. The fourth-order valence-electron chi connectivity index (χ4n) is 1.23. The van der Waals surface area contributed by atoms with E-state index >= 15 is 0 Å². The van der Waals surface area contributed by atoms with Crippen molar-refractivity contribution in [3.8, 4) is 0 Å². The van der Waals surface area contributed by atoms with Gasteiger partial charge in [0, 0.05) is 12.6 Å². The average molecular weight is 264 g/mol. The first-order valence-corrected chi connectivity index (χ1v) is 5.46. The third-order valence-electron chi connectivity index (χ3n) is 1.94. The molecule has 1 rings (SSSR count). The van der Waals surface area contributed by atoms with E-state index in [2.05, 4.69) is 5.32 Å². The molecule has 0 unspecified atom stereocenters. The topological polar surface area (TPSA) is 38.3 Å². The van der Waals surface area contributed by atoms with Crippen LogP contribution in [0.25, 0.3) is 0 Å². The summed E-state index contributed by atoms with van der Waals surface area (Å²) in [5.41, 5.74) is -0.0163. The van der Waals surface area contributed by atoms with Crippen molar-refractivity contribution in [3.05, 3.63) is 28.8 Å². The largest absolute Gasteiger partial charge is 0.466 e. The molecule has 0 heterocycles. The first-order valence-electron chi connectivity index (χ1n) is 5.08. The number of anilines is 1. The van der Waals surface area contributed by atoms with Crippen LogP contribution < -0.4 is 5.32 Å². The van der Waals surface area contributed by atoms with Crippen molar-refractivity contribution in [1.29, 1.82) is 0 Å². The van der Waals surface area contributed by atoms with Gasteiger partial charge >= 0.3 is 5.97 Å². The highest BCUT2D eigenvalue weighted by Crippen LogP contribution is 2.26. The van der Waals surface area contributed by atoms with Gasteiger partial charge in [-0.15, -0.1) is 0 Å². The molecule has 0 fully saturated rings. The number of esters is 1. The van der Waals surface area contributed by atoms with Crippen LogP contribution in [0.1, 0.15) is 13.3 Å². The Bertz CT molecular complexity index is 389. The fraction of sp³-hybridized carbons (Fsp3) is 0.364. The second-order valence-corrected chi connectivity index (χ2v) is 3.63. The van der Waals surface area contributed by atoms with Gasteiger partial charge in [0.05, 0.1) is 23.7 Å². The second kappa shape index (κ2) is 6.39. The number of ether oxygens (including phenoxy) is 1. The predicted octanol–water partition coefficient (Wildman–Crippen LogP) is 2.98. The van der Waals surface area contributed by atoms with E-state index in [1.807, 2.05) is 0 Å². The lowest BCUT2D eigenvalue weighted by Crippen LogP contribution is -2.12. The molecule has 0 aliphatic carbocycles. The number of halogens is 3. The maximum absolute atomic E-state index is 13.3. The zero-order valence-corrected chi connectivity index (χ0v) is 9.98. The first kappa shape index (κ1) is 13.7. The van der Waals surface area contributed by atoms with Gasteiger partial charge < -0.3 is 10.1 Å². The van der Waals surface area contributed by atoms with Gasteiger partial charge in [-0.05, 0) is 13.0 Å². The molecular weight excluding hydrogens is 252 g/mol. The van der Waals surface area contributed by atoms with Crippen LogP contribution in [0.4, 0.5) is 14.5 Å². The molecule has 0 spiro atoms. The van der Waals surface area contributed by atoms with E-state index in [1.165, 1.54) is 0 Å². The van der Waals surface area contributed by atoms with Gasteiger partial charge in [-0.1, -0.05) is 11.6 Å². The zero-order valence-electron chi connectivity index (χ0n) is 9.23. The van der Waals surface area contributed by atoms with Gasteiger partial charge in [0.15, 0.2) is 5.82 Å². The van der Waals surface area contributed by atoms with Crippen LogP contribution in [0.15, 0.2) is 12.1 Å². The van der Waals surface area contributed by atoms with Gasteiger partial charge in [-0.25, -0.2) is 8.78 Å². The van der Waals surface area contributed by atoms with E-state index in [0.29, 0.717) is 6.61 Å². The van der Waals surface area contributed by atoms with Crippen LogP contribution in [-0.4, -0.2) is 19.1 Å². The standard InChI is InChI=1S/C11H12ClF2NO2/c1-2-17-10(16)3-4-15-11-8(12)5-7(13)6-9(11)14/h5-6,15H,2-4H2,1H3. The maximum Gasteiger partial charge on any atom is 0.307 e. The second-order valence-electron chi connectivity index (χ2n) is 3.23. The molecule has 17 heavy (non-hydrogen) atoms. The minimum absolute atomic E-state index is 0.0163. The quantitative estimate of drug-likeness (QED) is 0.830. The third-order valence-corrected chi connectivity index (χ3v) is 2.24. The van der Waals surface area contributed by atoms with Crippen LogP contribution in [0, 0.1) is 11.6 Å². The van der Waals surface area contributed by atoms with Crippen molar-refractivity contribution in [3.63, 3.8) is 0 Å². The predicted molar refractivity (Wildman–Crippen MR) is 61.1 cm³/mol. The van der Waals surface area contributed by atoms with Crippen molar-refractivity contribution in [1.82, 2.24) is 0 Å². The lowest BCUT2D eigenvalue weighted by atomic mass is 10.3. The SMILES string of the molecule is CCOC(=O)CCNc1c(F)cc(F)cc1Cl. The Morgan fingerprint density at radius 3 is 2.76 bits per heavy atom. The molecule has 0 saturated carbocycles. The van der Waals surface area contributed by atoms with Crippen LogP contribution in [0.3, 0.4) is 0 Å². The van der Waals surface area contributed by atoms with Crippen LogP contribution >= 0.6 is 11.6 Å². The molecule has 0 bridgehead atoms. The molecule has 94 valence electrons. The van der Waals surface area contributed by atoms with E-state index < -0.39 is 17.6 Å². The molecule has 0 aromatic heterocycles. The molecule has 1 aromatic carbocycles. The number of hydrogen-bond donors (Lipinski definition) is 1. The maximum atomic E-state index is 13.3. The normalized spacial score (nSPS) is 10.1. The van der Waals surface area contributed by atoms with Crippen molar-refractivity contribution in [2.45, 2.75) is 13.3 Å². The van der Waals surface area contributed by atoms with Gasteiger partial charge in [-0.3, -0.25) is 4.79 Å². The summed E-state index contributed by atoms with van der Waals surface area (Å²) in [5, 5.41) is 2.56. The Morgan fingerprint density at radius 1 is 1.47 bits per heavy atom. The molecular formula is C11H12ClF2NO2. The average Bonchev–Trinajstić information content (AvgIpc) is 2.22. The Labute approximate surface area is 103 Å². The smallest absolute Gasteiger partial charge is 0.307 e. The molecule has 1 N–H and O–H groups in total. The Morgan fingerprint density at radius 2 is 2.18 bits per heavy atom. The summed E-state index contributed by atoms with van der Waals surface area (Å²) in [6.07, 6.45) is 0.0843. The van der Waals surface area contributed by atoms with E-state index in [1.54, 1.807) is 6.92 Å². The van der Waals surface area contributed by atoms with Crippen LogP contribution in [0.5, 0.6) is 0 Å². The number of carbonyl (C=O) groups excluding carboxylic acids is 1. The summed E-state index contributed by atoms with van der Waals surface area (Å²) in [6.45, 7) is 2.16. The van der Waals surface area contributed by atoms with E-state index in [0.717, 1.165) is 12.1 Å². The van der Waals surface area contributed by atoms with Gasteiger partial charge in [0.1, 0.15) is 5.82 Å². The van der Waals surface area contributed by atoms with Crippen molar-refractivity contribution >= 4 is 23.3 Å². The zero-order chi connectivity index (χ0) is 12.8. The highest BCUT2D eigenvalue weighted by molar-refractivity contribution is 6.33. The van der Waals surface area contributed by atoms with Crippen LogP contribution in [-0.2, 0) is 9.53 Å². The van der Waals surface area contributed by atoms with E-state index in [9.17, 15) is 13.6 Å². The summed E-state index contributed by atoms with van der Waals surface area (Å²) in [7, 11) is 0. The molecule has 6 heteroatoms. The fourth-order valence-corrected chi connectivity index (χ4v) is 1.50. The monoisotopic (exact) mass is 263 g/mol. The first-order chi connectivity index (χ1) is 8.04. The van der Waals surface area contributed by atoms with Crippen molar-refractivity contribution < 1.29 is 18.3 Å². The highest BCUT2D eigenvalue weighted by Gasteiger charge is 2.10. The van der Waals surface area contributed by atoms with Gasteiger partial charge in [0.2, 0.25) is 0 Å². The van der Waals surface area contributed by atoms with Gasteiger partial charge in [-0.2, -0.15) is 0 Å². The Balaban J connectivity index is 2.55. The molecule has 0 saturated heterocycles. The molecule has 0 amide bonds. The lowest BCUT2D eigenvalue weighted by Gasteiger charge is -2.09. The summed E-state index contributed by atoms with van der Waals surface area (Å²) in [6, 6.07) is 1.72. The lowest BCUT2D eigenvalue weighted by molar-refractivity contribution is -0.142. The molecule has 0 aliphatic heterocycles. The molecule has 3 nitrogen and oxygen atoms in total. The Kier molecular flexibility index (Phi) is 5.15. The number of rotatable bonds is 5. The Hall–Kier alpha value is -1.36. The summed E-state index contributed by atoms with van der Waals surface area (Å²) >= 11 is 5.65. The van der Waals surface area contributed by atoms with E-state index in [-0.39, 0.29) is 23.7 Å².